The maximum Gasteiger partial charge on any atom is 0.294 e. The fourth-order valence-corrected chi connectivity index (χ4v) is 0.786. The standard InChI is InChI=1S/C7H7NO5/c9-6-2-1-5(3-7(6)10)4-13-8(11)12/h1-3,9-10H,4H2. The zero-order chi connectivity index (χ0) is 9.84. The summed E-state index contributed by atoms with van der Waals surface area (Å²) in [6.07, 6.45) is 0. The Hall–Kier alpha value is -1.98. The lowest BCUT2D eigenvalue weighted by molar-refractivity contribution is -0.763. The fraction of sp³-hybridized carbons (Fsp3) is 0.143. The summed E-state index contributed by atoms with van der Waals surface area (Å²) in [7, 11) is 0. The molecule has 0 aliphatic carbocycles. The number of phenolic OH excluding ortho intramolecular Hbond substituents is 2. The van der Waals surface area contributed by atoms with Gasteiger partial charge in [-0.05, 0) is 17.7 Å². The van der Waals surface area contributed by atoms with Gasteiger partial charge in [0, 0.05) is 0 Å². The van der Waals surface area contributed by atoms with Crippen LogP contribution in [0.15, 0.2) is 18.2 Å². The molecule has 0 amide bonds. The first-order valence-electron chi connectivity index (χ1n) is 3.38. The van der Waals surface area contributed by atoms with Crippen molar-refractivity contribution in [1.82, 2.24) is 0 Å². The molecule has 1 aromatic carbocycles. The lowest BCUT2D eigenvalue weighted by Crippen LogP contribution is -2.00. The van der Waals surface area contributed by atoms with E-state index in [0.717, 1.165) is 0 Å². The van der Waals surface area contributed by atoms with Gasteiger partial charge in [0.25, 0.3) is 5.09 Å². The Morgan fingerprint density at radius 3 is 2.62 bits per heavy atom. The lowest BCUT2D eigenvalue weighted by atomic mass is 10.2. The predicted molar refractivity (Wildman–Crippen MR) is 41.6 cm³/mol. The summed E-state index contributed by atoms with van der Waals surface area (Å²) in [4.78, 5) is 13.8. The molecule has 0 aromatic heterocycles. The third-order valence-electron chi connectivity index (χ3n) is 1.38. The van der Waals surface area contributed by atoms with Crippen LogP contribution in [0.2, 0.25) is 0 Å². The predicted octanol–water partition coefficient (Wildman–Crippen LogP) is 0.806. The molecule has 0 saturated carbocycles. The normalized spacial score (nSPS) is 9.54. The highest BCUT2D eigenvalue weighted by molar-refractivity contribution is 5.40. The van der Waals surface area contributed by atoms with E-state index in [-0.39, 0.29) is 18.1 Å². The highest BCUT2D eigenvalue weighted by Crippen LogP contribution is 2.24. The number of hydrogen-bond donors (Lipinski definition) is 2. The van der Waals surface area contributed by atoms with Crippen LogP contribution in [0.1, 0.15) is 5.56 Å². The first-order chi connectivity index (χ1) is 6.09. The minimum absolute atomic E-state index is 0.249. The molecule has 0 fully saturated rings. The van der Waals surface area contributed by atoms with Crippen LogP contribution in [-0.4, -0.2) is 15.3 Å². The number of phenols is 2. The van der Waals surface area contributed by atoms with Crippen molar-refractivity contribution < 1.29 is 20.1 Å². The summed E-state index contributed by atoms with van der Waals surface area (Å²) < 4.78 is 0. The number of hydrogen-bond acceptors (Lipinski definition) is 5. The van der Waals surface area contributed by atoms with Crippen molar-refractivity contribution in [2.45, 2.75) is 6.61 Å². The van der Waals surface area contributed by atoms with E-state index < -0.39 is 5.09 Å². The third-order valence-corrected chi connectivity index (χ3v) is 1.38. The molecule has 6 nitrogen and oxygen atoms in total. The van der Waals surface area contributed by atoms with Gasteiger partial charge >= 0.3 is 0 Å². The Labute approximate surface area is 73.1 Å². The monoisotopic (exact) mass is 185 g/mol. The molecule has 0 spiro atoms. The third kappa shape index (κ3) is 2.51. The van der Waals surface area contributed by atoms with Crippen LogP contribution in [0.25, 0.3) is 0 Å². The Morgan fingerprint density at radius 2 is 2.08 bits per heavy atom. The van der Waals surface area contributed by atoms with Crippen LogP contribution in [0, 0.1) is 10.1 Å². The lowest BCUT2D eigenvalue weighted by Gasteiger charge is -2.01. The minimum atomic E-state index is -0.927. The molecule has 0 atom stereocenters. The second-order valence-electron chi connectivity index (χ2n) is 2.32. The van der Waals surface area contributed by atoms with Gasteiger partial charge < -0.3 is 15.1 Å². The molecule has 13 heavy (non-hydrogen) atoms. The van der Waals surface area contributed by atoms with Crippen molar-refractivity contribution in [3.05, 3.63) is 33.9 Å². The van der Waals surface area contributed by atoms with Gasteiger partial charge in [0.2, 0.25) is 0 Å². The smallest absolute Gasteiger partial charge is 0.294 e. The second kappa shape index (κ2) is 3.61. The topological polar surface area (TPSA) is 92.8 Å². The van der Waals surface area contributed by atoms with Crippen LogP contribution < -0.4 is 0 Å². The van der Waals surface area contributed by atoms with Gasteiger partial charge in [-0.15, -0.1) is 10.1 Å². The average Bonchev–Trinajstić information content (AvgIpc) is 2.07. The van der Waals surface area contributed by atoms with E-state index in [2.05, 4.69) is 4.84 Å². The second-order valence-corrected chi connectivity index (χ2v) is 2.32. The largest absolute Gasteiger partial charge is 0.504 e. The molecule has 0 heterocycles. The Balaban J connectivity index is 2.68. The van der Waals surface area contributed by atoms with Crippen molar-refractivity contribution >= 4 is 0 Å². The maximum atomic E-state index is 9.80. The molecule has 70 valence electrons. The molecule has 0 bridgehead atoms. The van der Waals surface area contributed by atoms with Gasteiger partial charge in [-0.25, -0.2) is 0 Å². The van der Waals surface area contributed by atoms with Crippen LogP contribution in [0.5, 0.6) is 11.5 Å². The number of aromatic hydroxyl groups is 2. The van der Waals surface area contributed by atoms with E-state index in [4.69, 9.17) is 10.2 Å². The summed E-state index contributed by atoms with van der Waals surface area (Å²) >= 11 is 0. The van der Waals surface area contributed by atoms with Crippen molar-refractivity contribution in [3.63, 3.8) is 0 Å². The molecule has 0 unspecified atom stereocenters. The molecule has 0 radical (unpaired) electrons. The molecule has 2 N–H and O–H groups in total. The van der Waals surface area contributed by atoms with E-state index in [1.165, 1.54) is 18.2 Å². The van der Waals surface area contributed by atoms with Crippen molar-refractivity contribution in [3.8, 4) is 11.5 Å². The molecular formula is C7H7NO5. The number of benzene rings is 1. The highest BCUT2D eigenvalue weighted by atomic mass is 16.9. The first kappa shape index (κ1) is 9.11. The van der Waals surface area contributed by atoms with Crippen molar-refractivity contribution in [2.75, 3.05) is 0 Å². The highest BCUT2D eigenvalue weighted by Gasteiger charge is 2.02. The van der Waals surface area contributed by atoms with Gasteiger partial charge in [0.1, 0.15) is 6.61 Å². The maximum absolute atomic E-state index is 9.80. The average molecular weight is 185 g/mol. The van der Waals surface area contributed by atoms with Crippen LogP contribution in [0.3, 0.4) is 0 Å². The zero-order valence-corrected chi connectivity index (χ0v) is 6.51. The van der Waals surface area contributed by atoms with E-state index in [0.29, 0.717) is 5.56 Å². The quantitative estimate of drug-likeness (QED) is 0.412. The molecule has 0 aliphatic heterocycles. The number of rotatable bonds is 3. The van der Waals surface area contributed by atoms with E-state index in [1.54, 1.807) is 0 Å². The zero-order valence-electron chi connectivity index (χ0n) is 6.51. The first-order valence-corrected chi connectivity index (χ1v) is 3.38. The molecule has 0 aliphatic rings. The Kier molecular flexibility index (Phi) is 2.53. The summed E-state index contributed by atoms with van der Waals surface area (Å²) in [6, 6.07) is 3.84. The van der Waals surface area contributed by atoms with Gasteiger partial charge in [-0.2, -0.15) is 0 Å². The summed E-state index contributed by atoms with van der Waals surface area (Å²) in [6.45, 7) is -0.249. The summed E-state index contributed by atoms with van der Waals surface area (Å²) in [5, 5.41) is 26.8. The Bertz CT molecular complexity index is 325. The minimum Gasteiger partial charge on any atom is -0.504 e. The van der Waals surface area contributed by atoms with Crippen LogP contribution in [0.4, 0.5) is 0 Å². The van der Waals surface area contributed by atoms with Crippen LogP contribution >= 0.6 is 0 Å². The van der Waals surface area contributed by atoms with Crippen LogP contribution in [-0.2, 0) is 11.4 Å². The summed E-state index contributed by atoms with van der Waals surface area (Å²) in [5.74, 6) is -0.602. The number of nitrogens with zero attached hydrogens (tertiary/aromatic N) is 1. The van der Waals surface area contributed by atoms with Gasteiger partial charge in [-0.3, -0.25) is 0 Å². The van der Waals surface area contributed by atoms with E-state index in [1.807, 2.05) is 0 Å². The fourth-order valence-electron chi connectivity index (χ4n) is 0.786. The SMILES string of the molecule is O=[N+]([O-])OCc1ccc(O)c(O)c1. The molecular weight excluding hydrogens is 178 g/mol. The van der Waals surface area contributed by atoms with Crippen molar-refractivity contribution in [1.29, 1.82) is 0 Å². The van der Waals surface area contributed by atoms with E-state index >= 15 is 0 Å². The molecule has 1 rings (SSSR count). The Morgan fingerprint density at radius 1 is 1.38 bits per heavy atom. The van der Waals surface area contributed by atoms with Gasteiger partial charge in [0.15, 0.2) is 11.5 Å². The van der Waals surface area contributed by atoms with Crippen molar-refractivity contribution in [2.24, 2.45) is 0 Å². The molecule has 0 saturated heterocycles. The van der Waals surface area contributed by atoms with Gasteiger partial charge in [0.05, 0.1) is 0 Å². The molecule has 6 heteroatoms. The van der Waals surface area contributed by atoms with E-state index in [9.17, 15) is 10.1 Å². The summed E-state index contributed by atoms with van der Waals surface area (Å²) in [5.41, 5.74) is 0.409. The molecule has 1 aromatic rings. The van der Waals surface area contributed by atoms with Gasteiger partial charge in [-0.1, -0.05) is 6.07 Å².